The molecule has 1 heterocycles. The molecule has 0 aliphatic carbocycles. The molecule has 0 aliphatic rings. The highest BCUT2D eigenvalue weighted by Gasteiger charge is 2.33. The van der Waals surface area contributed by atoms with E-state index in [9.17, 15) is 9.59 Å². The van der Waals surface area contributed by atoms with E-state index in [2.05, 4.69) is 9.97 Å². The van der Waals surface area contributed by atoms with Crippen molar-refractivity contribution in [3.8, 4) is 11.4 Å². The molecule has 2 rings (SSSR count). The molecule has 6 heteroatoms. The van der Waals surface area contributed by atoms with E-state index >= 15 is 0 Å². The van der Waals surface area contributed by atoms with Crippen molar-refractivity contribution >= 4 is 11.9 Å². The Bertz CT molecular complexity index is 655. The normalized spacial score (nSPS) is 10.4. The number of carbonyl (C=O) groups is 2. The first-order chi connectivity index (χ1) is 11.2. The molecule has 0 unspecified atom stereocenters. The van der Waals surface area contributed by atoms with Gasteiger partial charge in [0.1, 0.15) is 0 Å². The topological polar surface area (TPSA) is 78.4 Å². The van der Waals surface area contributed by atoms with E-state index in [4.69, 9.17) is 9.47 Å². The molecule has 0 saturated heterocycles. The van der Waals surface area contributed by atoms with Crippen LogP contribution in [0.4, 0.5) is 0 Å². The van der Waals surface area contributed by atoms with Gasteiger partial charge in [0.2, 0.25) is 0 Å². The molecule has 1 aromatic heterocycles. The van der Waals surface area contributed by atoms with Gasteiger partial charge in [-0.05, 0) is 25.5 Å². The van der Waals surface area contributed by atoms with E-state index in [1.54, 1.807) is 56.6 Å². The first kappa shape index (κ1) is 16.6. The highest BCUT2D eigenvalue weighted by atomic mass is 16.6. The highest BCUT2D eigenvalue weighted by molar-refractivity contribution is 6.02. The Morgan fingerprint density at radius 2 is 1.52 bits per heavy atom. The average molecular weight is 314 g/mol. The number of esters is 2. The van der Waals surface area contributed by atoms with Gasteiger partial charge in [-0.25, -0.2) is 9.97 Å². The predicted octanol–water partition coefficient (Wildman–Crippen LogP) is 2.35. The molecular weight excluding hydrogens is 296 g/mol. The van der Waals surface area contributed by atoms with Gasteiger partial charge in [-0.3, -0.25) is 9.59 Å². The smallest absolute Gasteiger partial charge is 0.324 e. The fourth-order valence-corrected chi connectivity index (χ4v) is 2.19. The van der Waals surface area contributed by atoms with Crippen LogP contribution >= 0.6 is 0 Å². The van der Waals surface area contributed by atoms with E-state index < -0.39 is 17.9 Å². The quantitative estimate of drug-likeness (QED) is 0.601. The number of rotatable bonds is 6. The zero-order valence-corrected chi connectivity index (χ0v) is 13.1. The van der Waals surface area contributed by atoms with Gasteiger partial charge in [0.05, 0.1) is 13.2 Å². The first-order valence-corrected chi connectivity index (χ1v) is 7.38. The molecule has 0 spiro atoms. The van der Waals surface area contributed by atoms with E-state index in [0.29, 0.717) is 17.0 Å². The van der Waals surface area contributed by atoms with Crippen molar-refractivity contribution in [2.45, 2.75) is 19.8 Å². The predicted molar refractivity (Wildman–Crippen MR) is 83.5 cm³/mol. The number of ether oxygens (including phenoxy) is 2. The molecular formula is C17H18N2O4. The van der Waals surface area contributed by atoms with Gasteiger partial charge in [-0.1, -0.05) is 24.3 Å². The lowest BCUT2D eigenvalue weighted by Crippen LogP contribution is -2.26. The second-order valence-corrected chi connectivity index (χ2v) is 4.60. The maximum Gasteiger partial charge on any atom is 0.324 e. The third-order valence-corrected chi connectivity index (χ3v) is 3.12. The number of hydrogen-bond donors (Lipinski definition) is 0. The third kappa shape index (κ3) is 3.91. The summed E-state index contributed by atoms with van der Waals surface area (Å²) in [5.41, 5.74) is 1.06. The van der Waals surface area contributed by atoms with Gasteiger partial charge >= 0.3 is 11.9 Å². The molecule has 0 amide bonds. The molecule has 120 valence electrons. The Balaban J connectivity index is 2.51. The fraction of sp³-hybridized carbons (Fsp3) is 0.294. The molecule has 0 fully saturated rings. The van der Waals surface area contributed by atoms with Crippen LogP contribution in [0.25, 0.3) is 11.4 Å². The number of hydrogen-bond acceptors (Lipinski definition) is 6. The molecule has 0 saturated carbocycles. The molecule has 2 aromatic rings. The van der Waals surface area contributed by atoms with Crippen LogP contribution in [-0.2, 0) is 19.1 Å². The second kappa shape index (κ2) is 8.03. The summed E-state index contributed by atoms with van der Waals surface area (Å²) in [5.74, 6) is -2.01. The number of carbonyl (C=O) groups excluding carboxylic acids is 2. The fourth-order valence-electron chi connectivity index (χ4n) is 2.19. The number of benzene rings is 1. The van der Waals surface area contributed by atoms with Crippen LogP contribution in [-0.4, -0.2) is 35.1 Å². The Hall–Kier alpha value is -2.76. The Kier molecular flexibility index (Phi) is 5.80. The van der Waals surface area contributed by atoms with Crippen LogP contribution in [0.3, 0.4) is 0 Å². The van der Waals surface area contributed by atoms with Crippen molar-refractivity contribution in [1.29, 1.82) is 0 Å². The molecule has 23 heavy (non-hydrogen) atoms. The molecule has 0 N–H and O–H groups in total. The van der Waals surface area contributed by atoms with E-state index in [0.717, 1.165) is 0 Å². The minimum atomic E-state index is -1.16. The summed E-state index contributed by atoms with van der Waals surface area (Å²) in [6, 6.07) is 8.68. The second-order valence-electron chi connectivity index (χ2n) is 4.60. The van der Waals surface area contributed by atoms with Crippen molar-refractivity contribution in [1.82, 2.24) is 9.97 Å². The Morgan fingerprint density at radius 1 is 0.957 bits per heavy atom. The Labute approximate surface area is 134 Å². The maximum absolute atomic E-state index is 12.3. The summed E-state index contributed by atoms with van der Waals surface area (Å²) in [7, 11) is 0. The van der Waals surface area contributed by atoms with Gasteiger partial charge in [0, 0.05) is 18.0 Å². The summed E-state index contributed by atoms with van der Waals surface area (Å²) in [5, 5.41) is 0. The van der Waals surface area contributed by atoms with Crippen molar-refractivity contribution in [3.05, 3.63) is 48.3 Å². The van der Waals surface area contributed by atoms with Crippen LogP contribution < -0.4 is 0 Å². The highest BCUT2D eigenvalue weighted by Crippen LogP contribution is 2.29. The van der Waals surface area contributed by atoms with Gasteiger partial charge in [0.25, 0.3) is 0 Å². The molecule has 0 atom stereocenters. The summed E-state index contributed by atoms with van der Waals surface area (Å²) in [6.45, 7) is 3.73. The maximum atomic E-state index is 12.3. The van der Waals surface area contributed by atoms with E-state index in [1.807, 2.05) is 0 Å². The van der Waals surface area contributed by atoms with Gasteiger partial charge in [-0.15, -0.1) is 0 Å². The van der Waals surface area contributed by atoms with Crippen molar-refractivity contribution < 1.29 is 19.1 Å². The summed E-state index contributed by atoms with van der Waals surface area (Å²) in [6.07, 6.45) is 3.20. The lowest BCUT2D eigenvalue weighted by atomic mass is 9.93. The standard InChI is InChI=1S/C17H18N2O4/c1-3-22-16(20)14(17(21)23-4-2)12-8-5-6-9-13(12)15-18-10-7-11-19-15/h5-11,14H,3-4H2,1-2H3. The Morgan fingerprint density at radius 3 is 2.09 bits per heavy atom. The number of aromatic nitrogens is 2. The zero-order chi connectivity index (χ0) is 16.7. The van der Waals surface area contributed by atoms with Crippen molar-refractivity contribution in [2.24, 2.45) is 0 Å². The van der Waals surface area contributed by atoms with E-state index in [1.165, 1.54) is 0 Å². The van der Waals surface area contributed by atoms with Crippen LogP contribution in [0.1, 0.15) is 25.3 Å². The van der Waals surface area contributed by atoms with Gasteiger partial charge in [-0.2, -0.15) is 0 Å². The first-order valence-electron chi connectivity index (χ1n) is 7.38. The minimum absolute atomic E-state index is 0.179. The molecule has 0 radical (unpaired) electrons. The SMILES string of the molecule is CCOC(=O)C(C(=O)OCC)c1ccccc1-c1ncccn1. The van der Waals surface area contributed by atoms with Crippen LogP contribution in [0.2, 0.25) is 0 Å². The summed E-state index contributed by atoms with van der Waals surface area (Å²) >= 11 is 0. The van der Waals surface area contributed by atoms with Crippen molar-refractivity contribution in [3.63, 3.8) is 0 Å². The summed E-state index contributed by atoms with van der Waals surface area (Å²) in [4.78, 5) is 32.9. The summed E-state index contributed by atoms with van der Waals surface area (Å²) < 4.78 is 10.1. The lowest BCUT2D eigenvalue weighted by Gasteiger charge is -2.17. The van der Waals surface area contributed by atoms with Crippen LogP contribution in [0, 0.1) is 0 Å². The lowest BCUT2D eigenvalue weighted by molar-refractivity contribution is -0.156. The van der Waals surface area contributed by atoms with Gasteiger partial charge < -0.3 is 9.47 Å². The minimum Gasteiger partial charge on any atom is -0.465 e. The number of nitrogens with zero attached hydrogens (tertiary/aromatic N) is 2. The molecule has 0 aliphatic heterocycles. The monoisotopic (exact) mass is 314 g/mol. The third-order valence-electron chi connectivity index (χ3n) is 3.12. The molecule has 1 aromatic carbocycles. The van der Waals surface area contributed by atoms with Gasteiger partial charge in [0.15, 0.2) is 11.7 Å². The van der Waals surface area contributed by atoms with Crippen LogP contribution in [0.5, 0.6) is 0 Å². The molecule has 0 bridgehead atoms. The zero-order valence-electron chi connectivity index (χ0n) is 13.1. The average Bonchev–Trinajstić information content (AvgIpc) is 2.57. The molecule has 6 nitrogen and oxygen atoms in total. The van der Waals surface area contributed by atoms with Crippen LogP contribution in [0.15, 0.2) is 42.7 Å². The van der Waals surface area contributed by atoms with E-state index in [-0.39, 0.29) is 13.2 Å². The van der Waals surface area contributed by atoms with Crippen molar-refractivity contribution in [2.75, 3.05) is 13.2 Å². The largest absolute Gasteiger partial charge is 0.465 e.